The van der Waals surface area contributed by atoms with E-state index in [-0.39, 0.29) is 35.3 Å². The number of nitro benzene ring substituents is 1. The number of non-ortho nitro benzene ring substituents is 1. The zero-order chi connectivity index (χ0) is 21.4. The molecule has 2 rings (SSSR count). The summed E-state index contributed by atoms with van der Waals surface area (Å²) < 4.78 is 42.2. The molecule has 1 aromatic heterocycles. The van der Waals surface area contributed by atoms with Gasteiger partial charge >= 0.3 is 5.97 Å². The average Bonchev–Trinajstić information content (AvgIpc) is 3.18. The lowest BCUT2D eigenvalue weighted by Gasteiger charge is -2.20. The number of nitrogens with zero attached hydrogens (tertiary/aromatic N) is 3. The third-order valence-corrected chi connectivity index (χ3v) is 5.70. The van der Waals surface area contributed by atoms with Crippen LogP contribution in [0.3, 0.4) is 0 Å². The van der Waals surface area contributed by atoms with Gasteiger partial charge in [0.25, 0.3) is 5.69 Å². The number of nitro groups is 1. The smallest absolute Gasteiger partial charge is 0.360 e. The molecule has 0 amide bonds. The van der Waals surface area contributed by atoms with Crippen molar-refractivity contribution in [3.05, 3.63) is 52.2 Å². The van der Waals surface area contributed by atoms with E-state index in [0.29, 0.717) is 19.6 Å². The number of oxazole rings is 1. The van der Waals surface area contributed by atoms with E-state index >= 15 is 0 Å². The van der Waals surface area contributed by atoms with E-state index < -0.39 is 20.9 Å². The molecule has 1 aromatic carbocycles. The second kappa shape index (κ2) is 10.1. The summed E-state index contributed by atoms with van der Waals surface area (Å²) in [6.07, 6.45) is 1.49. The highest BCUT2D eigenvalue weighted by Crippen LogP contribution is 2.21. The normalized spacial score (nSPS) is 11.6. The molecule has 11 nitrogen and oxygen atoms in total. The number of carbonyl (C=O) groups is 1. The van der Waals surface area contributed by atoms with Crippen LogP contribution in [0.5, 0.6) is 0 Å². The van der Waals surface area contributed by atoms with Crippen molar-refractivity contribution < 1.29 is 32.0 Å². The lowest BCUT2D eigenvalue weighted by Crippen LogP contribution is -2.32. The van der Waals surface area contributed by atoms with E-state index in [1.54, 1.807) is 0 Å². The summed E-state index contributed by atoms with van der Waals surface area (Å²) in [6.45, 7) is 2.53. The van der Waals surface area contributed by atoms with Crippen molar-refractivity contribution in [3.8, 4) is 0 Å². The highest BCUT2D eigenvalue weighted by atomic mass is 32.2. The number of ether oxygens (including phenoxy) is 2. The summed E-state index contributed by atoms with van der Waals surface area (Å²) in [5.74, 6) is -0.701. The van der Waals surface area contributed by atoms with Gasteiger partial charge in [0.1, 0.15) is 6.26 Å². The predicted octanol–water partition coefficient (Wildman–Crippen LogP) is 1.99. The first-order chi connectivity index (χ1) is 13.8. The molecule has 0 saturated heterocycles. The Labute approximate surface area is 167 Å². The summed E-state index contributed by atoms with van der Waals surface area (Å²) in [4.78, 5) is 25.5. The van der Waals surface area contributed by atoms with Crippen molar-refractivity contribution in [2.24, 2.45) is 0 Å². The summed E-state index contributed by atoms with van der Waals surface area (Å²) in [7, 11) is -2.82. The highest BCUT2D eigenvalue weighted by molar-refractivity contribution is 7.89. The topological polar surface area (TPSA) is 142 Å². The van der Waals surface area contributed by atoms with Gasteiger partial charge in [-0.25, -0.2) is 18.2 Å². The van der Waals surface area contributed by atoms with Gasteiger partial charge in [0.15, 0.2) is 5.69 Å². The summed E-state index contributed by atoms with van der Waals surface area (Å²) in [5, 5.41) is 10.8. The molecule has 0 fully saturated rings. The Kier molecular flexibility index (Phi) is 7.82. The molecule has 1 heterocycles. The number of esters is 1. The molecule has 29 heavy (non-hydrogen) atoms. The Bertz CT molecular complexity index is 940. The van der Waals surface area contributed by atoms with Crippen LogP contribution in [0.1, 0.15) is 29.7 Å². The van der Waals surface area contributed by atoms with Crippen LogP contribution in [-0.4, -0.2) is 55.5 Å². The molecule has 0 atom stereocenters. The minimum Gasteiger partial charge on any atom is -0.464 e. The number of hydrogen-bond donors (Lipinski definition) is 0. The molecule has 0 radical (unpaired) electrons. The third-order valence-electron chi connectivity index (χ3n) is 3.84. The monoisotopic (exact) mass is 427 g/mol. The highest BCUT2D eigenvalue weighted by Gasteiger charge is 2.27. The van der Waals surface area contributed by atoms with Gasteiger partial charge in [-0.15, -0.1) is 0 Å². The van der Waals surface area contributed by atoms with Crippen LogP contribution in [0.2, 0.25) is 0 Å². The molecule has 0 bridgehead atoms. The molecule has 0 unspecified atom stereocenters. The molecule has 0 N–H and O–H groups in total. The Hall–Kier alpha value is -2.83. The predicted molar refractivity (Wildman–Crippen MR) is 99.6 cm³/mol. The van der Waals surface area contributed by atoms with Crippen LogP contribution in [0.4, 0.5) is 5.69 Å². The van der Waals surface area contributed by atoms with Crippen molar-refractivity contribution in [1.29, 1.82) is 0 Å². The van der Waals surface area contributed by atoms with Gasteiger partial charge in [-0.1, -0.05) is 0 Å². The van der Waals surface area contributed by atoms with Crippen molar-refractivity contribution in [2.45, 2.75) is 24.8 Å². The fourth-order valence-electron chi connectivity index (χ4n) is 2.39. The molecular formula is C17H21N3O8S. The van der Waals surface area contributed by atoms with Gasteiger partial charge in [0.05, 0.1) is 23.5 Å². The molecule has 12 heteroatoms. The van der Waals surface area contributed by atoms with E-state index in [0.717, 1.165) is 22.7 Å². The molecule has 0 saturated carbocycles. The first-order valence-electron chi connectivity index (χ1n) is 8.64. The Balaban J connectivity index is 2.26. The van der Waals surface area contributed by atoms with Gasteiger partial charge in [0.2, 0.25) is 15.9 Å². The van der Waals surface area contributed by atoms with Crippen molar-refractivity contribution >= 4 is 21.7 Å². The first kappa shape index (κ1) is 22.5. The Morgan fingerprint density at radius 2 is 2.00 bits per heavy atom. The summed E-state index contributed by atoms with van der Waals surface area (Å²) >= 11 is 0. The molecule has 0 aliphatic carbocycles. The van der Waals surface area contributed by atoms with Crippen LogP contribution < -0.4 is 0 Å². The molecule has 158 valence electrons. The quantitative estimate of drug-likeness (QED) is 0.228. The zero-order valence-electron chi connectivity index (χ0n) is 15.9. The second-order valence-corrected chi connectivity index (χ2v) is 7.70. The standard InChI is InChI=1S/C17H21N3O8S/c1-3-27-10-4-9-19(11-16-18-15(12-28-16)17(21)26-2)29(24,25)14-7-5-13(6-8-14)20(22)23/h5-8,12H,3-4,9-11H2,1-2H3. The van der Waals surface area contributed by atoms with E-state index in [1.807, 2.05) is 6.92 Å². The van der Waals surface area contributed by atoms with E-state index in [1.165, 1.54) is 19.2 Å². The third kappa shape index (κ3) is 5.82. The number of methoxy groups -OCH3 is 1. The van der Waals surface area contributed by atoms with Crippen LogP contribution in [0.15, 0.2) is 39.8 Å². The maximum absolute atomic E-state index is 13.0. The lowest BCUT2D eigenvalue weighted by molar-refractivity contribution is -0.384. The van der Waals surface area contributed by atoms with Crippen LogP contribution in [-0.2, 0) is 26.0 Å². The number of aromatic nitrogens is 1. The van der Waals surface area contributed by atoms with Crippen LogP contribution in [0.25, 0.3) is 0 Å². The van der Waals surface area contributed by atoms with Crippen molar-refractivity contribution in [3.63, 3.8) is 0 Å². The SMILES string of the molecule is CCOCCCN(Cc1nc(C(=O)OC)co1)S(=O)(=O)c1ccc([N+](=O)[O-])cc1. The zero-order valence-corrected chi connectivity index (χ0v) is 16.8. The fourth-order valence-corrected chi connectivity index (χ4v) is 3.82. The van der Waals surface area contributed by atoms with Gasteiger partial charge in [0, 0.05) is 31.9 Å². The van der Waals surface area contributed by atoms with Crippen molar-refractivity contribution in [2.75, 3.05) is 26.9 Å². The number of benzene rings is 1. The van der Waals surface area contributed by atoms with Crippen molar-refractivity contribution in [1.82, 2.24) is 9.29 Å². The number of hydrogen-bond acceptors (Lipinski definition) is 9. The van der Waals surface area contributed by atoms with E-state index in [2.05, 4.69) is 9.72 Å². The number of rotatable bonds is 11. The second-order valence-electron chi connectivity index (χ2n) is 5.76. The number of sulfonamides is 1. The largest absolute Gasteiger partial charge is 0.464 e. The van der Waals surface area contributed by atoms with E-state index in [4.69, 9.17) is 9.15 Å². The fraction of sp³-hybridized carbons (Fsp3) is 0.412. The van der Waals surface area contributed by atoms with Gasteiger partial charge in [-0.2, -0.15) is 4.31 Å². The maximum Gasteiger partial charge on any atom is 0.360 e. The molecular weight excluding hydrogens is 406 g/mol. The maximum atomic E-state index is 13.0. The summed E-state index contributed by atoms with van der Waals surface area (Å²) in [6, 6.07) is 4.56. The summed E-state index contributed by atoms with van der Waals surface area (Å²) in [5.41, 5.74) is -0.299. The van der Waals surface area contributed by atoms with Crippen LogP contribution >= 0.6 is 0 Å². The Morgan fingerprint density at radius 1 is 1.31 bits per heavy atom. The average molecular weight is 427 g/mol. The van der Waals surface area contributed by atoms with Gasteiger partial charge in [-0.3, -0.25) is 10.1 Å². The molecule has 0 aliphatic rings. The molecule has 0 spiro atoms. The number of carbonyl (C=O) groups excluding carboxylic acids is 1. The van der Waals surface area contributed by atoms with Gasteiger partial charge in [-0.05, 0) is 25.5 Å². The molecule has 2 aromatic rings. The van der Waals surface area contributed by atoms with Crippen LogP contribution in [0, 0.1) is 10.1 Å². The first-order valence-corrected chi connectivity index (χ1v) is 10.1. The minimum atomic E-state index is -4.01. The molecule has 0 aliphatic heterocycles. The Morgan fingerprint density at radius 3 is 2.59 bits per heavy atom. The lowest BCUT2D eigenvalue weighted by atomic mass is 10.3. The van der Waals surface area contributed by atoms with Gasteiger partial charge < -0.3 is 13.9 Å². The minimum absolute atomic E-state index is 0.00676. The van der Waals surface area contributed by atoms with E-state index in [9.17, 15) is 23.3 Å².